The number of nitrogens with zero attached hydrogens (tertiary/aromatic N) is 1. The molecule has 1 fully saturated rings. The second-order valence-electron chi connectivity index (χ2n) is 5.18. The molecule has 4 heteroatoms. The SMILES string of the molecule is O=C1Nc2ccccc2CN1C1CCC(O)CC1. The molecule has 2 N–H and O–H groups in total. The summed E-state index contributed by atoms with van der Waals surface area (Å²) in [4.78, 5) is 14.0. The van der Waals surface area contributed by atoms with Crippen LogP contribution < -0.4 is 5.32 Å². The van der Waals surface area contributed by atoms with Crippen LogP contribution in [0.3, 0.4) is 0 Å². The van der Waals surface area contributed by atoms with Gasteiger partial charge in [-0.1, -0.05) is 18.2 Å². The Hall–Kier alpha value is -1.55. The van der Waals surface area contributed by atoms with Crippen molar-refractivity contribution >= 4 is 11.7 Å². The molecule has 1 saturated carbocycles. The number of rotatable bonds is 1. The highest BCUT2D eigenvalue weighted by atomic mass is 16.3. The van der Waals surface area contributed by atoms with Crippen molar-refractivity contribution in [3.8, 4) is 0 Å². The van der Waals surface area contributed by atoms with E-state index in [9.17, 15) is 9.90 Å². The molecule has 1 aliphatic heterocycles. The van der Waals surface area contributed by atoms with Crippen molar-refractivity contribution in [2.75, 3.05) is 5.32 Å². The predicted octanol–water partition coefficient (Wildman–Crippen LogP) is 2.34. The Morgan fingerprint density at radius 2 is 1.89 bits per heavy atom. The molecule has 1 aliphatic carbocycles. The van der Waals surface area contributed by atoms with Crippen LogP contribution in [0, 0.1) is 0 Å². The molecule has 2 aliphatic rings. The lowest BCUT2D eigenvalue weighted by Crippen LogP contribution is -2.47. The molecule has 0 aromatic heterocycles. The van der Waals surface area contributed by atoms with Crippen LogP contribution in [-0.4, -0.2) is 28.2 Å². The molecule has 0 radical (unpaired) electrons. The maximum atomic E-state index is 12.1. The van der Waals surface area contributed by atoms with Gasteiger partial charge in [0.05, 0.1) is 6.10 Å². The Bertz CT molecular complexity index is 453. The fourth-order valence-electron chi connectivity index (χ4n) is 2.89. The van der Waals surface area contributed by atoms with Crippen LogP contribution in [0.4, 0.5) is 10.5 Å². The normalized spacial score (nSPS) is 27.6. The van der Waals surface area contributed by atoms with Crippen LogP contribution in [0.1, 0.15) is 31.2 Å². The minimum Gasteiger partial charge on any atom is -0.393 e. The third kappa shape index (κ3) is 2.08. The summed E-state index contributed by atoms with van der Waals surface area (Å²) in [7, 11) is 0. The van der Waals surface area contributed by atoms with Crippen molar-refractivity contribution in [1.82, 2.24) is 4.90 Å². The molecule has 3 rings (SSSR count). The number of hydrogen-bond acceptors (Lipinski definition) is 2. The number of fused-ring (bicyclic) bond motifs is 1. The van der Waals surface area contributed by atoms with Crippen molar-refractivity contribution < 1.29 is 9.90 Å². The van der Waals surface area contributed by atoms with Gasteiger partial charge in [0.25, 0.3) is 0 Å². The third-order valence-electron chi connectivity index (χ3n) is 3.97. The maximum absolute atomic E-state index is 12.1. The van der Waals surface area contributed by atoms with E-state index >= 15 is 0 Å². The van der Waals surface area contributed by atoms with Gasteiger partial charge in [0, 0.05) is 18.3 Å². The highest BCUT2D eigenvalue weighted by molar-refractivity contribution is 5.92. The van der Waals surface area contributed by atoms with Gasteiger partial charge in [-0.05, 0) is 37.3 Å². The first-order valence-electron chi connectivity index (χ1n) is 6.57. The van der Waals surface area contributed by atoms with E-state index < -0.39 is 0 Å². The van der Waals surface area contributed by atoms with Gasteiger partial charge in [-0.3, -0.25) is 0 Å². The molecule has 0 spiro atoms. The standard InChI is InChI=1S/C14H18N2O2/c17-12-7-5-11(6-8-12)16-9-10-3-1-2-4-13(10)15-14(16)18/h1-4,11-12,17H,5-9H2,(H,15,18). The highest BCUT2D eigenvalue weighted by Crippen LogP contribution is 2.29. The first-order chi connectivity index (χ1) is 8.74. The van der Waals surface area contributed by atoms with Crippen molar-refractivity contribution in [2.45, 2.75) is 44.4 Å². The molecule has 0 saturated heterocycles. The summed E-state index contributed by atoms with van der Waals surface area (Å²) in [5.74, 6) is 0. The topological polar surface area (TPSA) is 52.6 Å². The van der Waals surface area contributed by atoms with Crippen molar-refractivity contribution in [3.05, 3.63) is 29.8 Å². The predicted molar refractivity (Wildman–Crippen MR) is 69.3 cm³/mol. The lowest BCUT2D eigenvalue weighted by molar-refractivity contribution is 0.0841. The van der Waals surface area contributed by atoms with Gasteiger partial charge in [0.15, 0.2) is 0 Å². The summed E-state index contributed by atoms with van der Waals surface area (Å²) >= 11 is 0. The quantitative estimate of drug-likeness (QED) is 0.799. The average molecular weight is 246 g/mol. The number of aliphatic hydroxyl groups is 1. The Morgan fingerprint density at radius 3 is 2.67 bits per heavy atom. The van der Waals surface area contributed by atoms with Crippen molar-refractivity contribution in [1.29, 1.82) is 0 Å². The van der Waals surface area contributed by atoms with Crippen LogP contribution in [0.25, 0.3) is 0 Å². The molecule has 0 atom stereocenters. The van der Waals surface area contributed by atoms with Gasteiger partial charge in [-0.2, -0.15) is 0 Å². The number of anilines is 1. The molecule has 0 unspecified atom stereocenters. The number of carbonyl (C=O) groups excluding carboxylic acids is 1. The van der Waals surface area contributed by atoms with Gasteiger partial charge in [-0.25, -0.2) is 4.79 Å². The lowest BCUT2D eigenvalue weighted by atomic mass is 9.91. The molecule has 96 valence electrons. The minimum atomic E-state index is -0.179. The Labute approximate surface area is 107 Å². The number of hydrogen-bond donors (Lipinski definition) is 2. The van der Waals surface area contributed by atoms with E-state index in [0.29, 0.717) is 6.54 Å². The molecule has 1 aromatic carbocycles. The van der Waals surface area contributed by atoms with Crippen LogP contribution in [0.5, 0.6) is 0 Å². The largest absolute Gasteiger partial charge is 0.393 e. The van der Waals surface area contributed by atoms with Gasteiger partial charge >= 0.3 is 6.03 Å². The van der Waals surface area contributed by atoms with Crippen LogP contribution in [0.2, 0.25) is 0 Å². The van der Waals surface area contributed by atoms with E-state index in [-0.39, 0.29) is 18.2 Å². The number of carbonyl (C=O) groups is 1. The molecule has 2 amide bonds. The van der Waals surface area contributed by atoms with Gasteiger partial charge < -0.3 is 15.3 Å². The van der Waals surface area contributed by atoms with Crippen LogP contribution in [0.15, 0.2) is 24.3 Å². The number of amides is 2. The van der Waals surface area contributed by atoms with Crippen molar-refractivity contribution in [3.63, 3.8) is 0 Å². The van der Waals surface area contributed by atoms with Gasteiger partial charge in [0.2, 0.25) is 0 Å². The Balaban J connectivity index is 1.76. The fourth-order valence-corrected chi connectivity index (χ4v) is 2.89. The molecular formula is C14H18N2O2. The van der Waals surface area contributed by atoms with E-state index in [0.717, 1.165) is 31.4 Å². The van der Waals surface area contributed by atoms with E-state index in [1.165, 1.54) is 5.56 Å². The summed E-state index contributed by atoms with van der Waals surface area (Å²) in [6, 6.07) is 8.19. The third-order valence-corrected chi connectivity index (χ3v) is 3.97. The number of para-hydroxylation sites is 1. The summed E-state index contributed by atoms with van der Waals surface area (Å²) in [6.07, 6.45) is 3.22. The summed E-state index contributed by atoms with van der Waals surface area (Å²) < 4.78 is 0. The number of benzene rings is 1. The average Bonchev–Trinajstić information content (AvgIpc) is 2.39. The zero-order valence-corrected chi connectivity index (χ0v) is 10.3. The summed E-state index contributed by atoms with van der Waals surface area (Å²) in [6.45, 7) is 0.683. The first-order valence-corrected chi connectivity index (χ1v) is 6.57. The summed E-state index contributed by atoms with van der Waals surface area (Å²) in [5, 5.41) is 12.5. The molecule has 1 aromatic rings. The smallest absolute Gasteiger partial charge is 0.322 e. The molecule has 1 heterocycles. The van der Waals surface area contributed by atoms with E-state index in [4.69, 9.17) is 0 Å². The van der Waals surface area contributed by atoms with Gasteiger partial charge in [-0.15, -0.1) is 0 Å². The van der Waals surface area contributed by atoms with Gasteiger partial charge in [0.1, 0.15) is 0 Å². The molecule has 4 nitrogen and oxygen atoms in total. The number of aliphatic hydroxyl groups excluding tert-OH is 1. The lowest BCUT2D eigenvalue weighted by Gasteiger charge is -2.38. The Morgan fingerprint density at radius 1 is 1.17 bits per heavy atom. The molecule has 0 bridgehead atoms. The van der Waals surface area contributed by atoms with E-state index in [1.807, 2.05) is 23.1 Å². The second kappa shape index (κ2) is 4.61. The molecule has 18 heavy (non-hydrogen) atoms. The number of nitrogens with one attached hydrogen (secondary N) is 1. The highest BCUT2D eigenvalue weighted by Gasteiger charge is 2.31. The summed E-state index contributed by atoms with van der Waals surface area (Å²) in [5.41, 5.74) is 2.10. The van der Waals surface area contributed by atoms with E-state index in [1.54, 1.807) is 0 Å². The van der Waals surface area contributed by atoms with Crippen molar-refractivity contribution in [2.24, 2.45) is 0 Å². The second-order valence-corrected chi connectivity index (χ2v) is 5.18. The first kappa shape index (κ1) is 11.5. The maximum Gasteiger partial charge on any atom is 0.322 e. The Kier molecular flexibility index (Phi) is 2.96. The van der Waals surface area contributed by atoms with E-state index in [2.05, 4.69) is 11.4 Å². The zero-order valence-electron chi connectivity index (χ0n) is 10.3. The monoisotopic (exact) mass is 246 g/mol. The zero-order chi connectivity index (χ0) is 12.5. The number of urea groups is 1. The van der Waals surface area contributed by atoms with Crippen LogP contribution in [-0.2, 0) is 6.54 Å². The minimum absolute atomic E-state index is 0.00455. The van der Waals surface area contributed by atoms with Crippen LogP contribution >= 0.6 is 0 Å². The molecular weight excluding hydrogens is 228 g/mol. The fraction of sp³-hybridized carbons (Fsp3) is 0.500.